The molecule has 0 aromatic heterocycles. The Kier molecular flexibility index (Phi) is 9.01. The molecule has 0 aromatic carbocycles. The summed E-state index contributed by atoms with van der Waals surface area (Å²) < 4.78 is 29.6. The summed E-state index contributed by atoms with van der Waals surface area (Å²) in [5.41, 5.74) is 0.221. The van der Waals surface area contributed by atoms with Crippen LogP contribution >= 0.6 is 0 Å². The molecule has 0 radical (unpaired) electrons. The fraction of sp³-hybridized carbons (Fsp3) is 1.00. The van der Waals surface area contributed by atoms with Gasteiger partial charge in [0.2, 0.25) is 0 Å². The second-order valence-corrected chi connectivity index (χ2v) is 8.57. The molecule has 2 aliphatic heterocycles. The van der Waals surface area contributed by atoms with E-state index in [1.165, 1.54) is 0 Å². The summed E-state index contributed by atoms with van der Waals surface area (Å²) in [5, 5.41) is 0. The molecular weight excluding hydrogens is 344 g/mol. The first-order valence-electron chi connectivity index (χ1n) is 11.0. The first-order valence-corrected chi connectivity index (χ1v) is 11.0. The van der Waals surface area contributed by atoms with E-state index in [2.05, 4.69) is 34.6 Å². The molecule has 5 heteroatoms. The highest BCUT2D eigenvalue weighted by Gasteiger charge is 2.43. The van der Waals surface area contributed by atoms with Crippen molar-refractivity contribution in [3.8, 4) is 0 Å². The molecule has 5 nitrogen and oxygen atoms in total. The summed E-state index contributed by atoms with van der Waals surface area (Å²) in [4.78, 5) is 0. The van der Waals surface area contributed by atoms with Crippen LogP contribution in [0.3, 0.4) is 0 Å². The minimum atomic E-state index is -0.223. The van der Waals surface area contributed by atoms with E-state index in [0.717, 1.165) is 71.7 Å². The summed E-state index contributed by atoms with van der Waals surface area (Å²) in [6.07, 6.45) is 5.17. The third-order valence-electron chi connectivity index (χ3n) is 6.91. The lowest BCUT2D eigenvalue weighted by Gasteiger charge is -2.46. The molecule has 2 aliphatic rings. The minimum absolute atomic E-state index is 0.0955. The Morgan fingerprint density at radius 3 is 1.78 bits per heavy atom. The second-order valence-electron chi connectivity index (χ2n) is 8.57. The molecule has 0 aliphatic carbocycles. The molecule has 2 saturated heterocycles. The zero-order valence-electron chi connectivity index (χ0n) is 18.3. The Bertz CT molecular complexity index is 402. The van der Waals surface area contributed by atoms with Crippen LogP contribution in [0, 0.1) is 10.8 Å². The van der Waals surface area contributed by atoms with Gasteiger partial charge in [0.05, 0.1) is 64.6 Å². The molecule has 2 heterocycles. The van der Waals surface area contributed by atoms with Gasteiger partial charge in [0, 0.05) is 10.8 Å². The molecule has 0 aromatic rings. The SMILES string of the molecule is CCC(OCCOCC1(CC)COC1)C(CC)(CC)OCC1(CC)COC1. The predicted molar refractivity (Wildman–Crippen MR) is 107 cm³/mol. The largest absolute Gasteiger partial charge is 0.380 e. The number of hydrogen-bond donors (Lipinski definition) is 0. The van der Waals surface area contributed by atoms with Gasteiger partial charge in [-0.05, 0) is 32.1 Å². The van der Waals surface area contributed by atoms with E-state index in [9.17, 15) is 0 Å². The van der Waals surface area contributed by atoms with E-state index in [1.54, 1.807) is 0 Å². The van der Waals surface area contributed by atoms with Crippen molar-refractivity contribution in [1.82, 2.24) is 0 Å². The van der Waals surface area contributed by atoms with Crippen LogP contribution in [-0.4, -0.2) is 64.6 Å². The molecule has 0 spiro atoms. The van der Waals surface area contributed by atoms with Gasteiger partial charge in [0.1, 0.15) is 0 Å². The zero-order chi connectivity index (χ0) is 19.8. The minimum Gasteiger partial charge on any atom is -0.380 e. The summed E-state index contributed by atoms with van der Waals surface area (Å²) in [6.45, 7) is 17.1. The van der Waals surface area contributed by atoms with Gasteiger partial charge < -0.3 is 23.7 Å². The van der Waals surface area contributed by atoms with Crippen molar-refractivity contribution >= 4 is 0 Å². The Morgan fingerprint density at radius 1 is 0.815 bits per heavy atom. The van der Waals surface area contributed by atoms with Gasteiger partial charge in [-0.3, -0.25) is 0 Å². The third-order valence-corrected chi connectivity index (χ3v) is 6.91. The van der Waals surface area contributed by atoms with E-state index in [0.29, 0.717) is 13.2 Å². The van der Waals surface area contributed by atoms with E-state index in [-0.39, 0.29) is 22.5 Å². The molecule has 0 saturated carbocycles. The third kappa shape index (κ3) is 5.45. The number of hydrogen-bond acceptors (Lipinski definition) is 5. The van der Waals surface area contributed by atoms with E-state index in [4.69, 9.17) is 23.7 Å². The average Bonchev–Trinajstić information content (AvgIpc) is 2.63. The molecule has 0 amide bonds. The van der Waals surface area contributed by atoms with Crippen molar-refractivity contribution in [2.24, 2.45) is 10.8 Å². The van der Waals surface area contributed by atoms with Crippen LogP contribution in [0.1, 0.15) is 66.7 Å². The smallest absolute Gasteiger partial charge is 0.0937 e. The lowest BCUT2D eigenvalue weighted by molar-refractivity contribution is -0.214. The van der Waals surface area contributed by atoms with Gasteiger partial charge in [-0.15, -0.1) is 0 Å². The molecule has 0 bridgehead atoms. The van der Waals surface area contributed by atoms with E-state index >= 15 is 0 Å². The molecule has 27 heavy (non-hydrogen) atoms. The summed E-state index contributed by atoms with van der Waals surface area (Å²) in [6, 6.07) is 0. The first-order chi connectivity index (χ1) is 13.0. The molecule has 160 valence electrons. The van der Waals surface area contributed by atoms with Gasteiger partial charge in [0.15, 0.2) is 0 Å². The van der Waals surface area contributed by atoms with Gasteiger partial charge in [-0.25, -0.2) is 0 Å². The van der Waals surface area contributed by atoms with Crippen molar-refractivity contribution in [3.63, 3.8) is 0 Å². The molecule has 1 atom stereocenters. The quantitative estimate of drug-likeness (QED) is 0.394. The van der Waals surface area contributed by atoms with Gasteiger partial charge in [-0.1, -0.05) is 34.6 Å². The van der Waals surface area contributed by atoms with Crippen LogP contribution in [0.15, 0.2) is 0 Å². The lowest BCUT2D eigenvalue weighted by Crippen LogP contribution is -2.52. The maximum absolute atomic E-state index is 6.57. The normalized spacial score (nSPS) is 22.1. The standard InChI is InChI=1S/C22H42O5/c1-6-19(26-12-11-23-13-20(7-2)14-24-15-20)22(9-4,10-5)27-18-21(8-3)16-25-17-21/h19H,6-18H2,1-5H3. The first kappa shape index (κ1) is 23.1. The highest BCUT2D eigenvalue weighted by atomic mass is 16.6. The van der Waals surface area contributed by atoms with Crippen molar-refractivity contribution in [2.75, 3.05) is 52.9 Å². The summed E-state index contributed by atoms with van der Waals surface area (Å²) in [5.74, 6) is 0. The molecular formula is C22H42O5. The van der Waals surface area contributed by atoms with Crippen molar-refractivity contribution in [2.45, 2.75) is 78.4 Å². The number of ether oxygens (including phenoxy) is 5. The fourth-order valence-electron chi connectivity index (χ4n) is 4.04. The molecule has 1 unspecified atom stereocenters. The maximum Gasteiger partial charge on any atom is 0.0937 e. The van der Waals surface area contributed by atoms with Crippen molar-refractivity contribution in [3.05, 3.63) is 0 Å². The van der Waals surface area contributed by atoms with Crippen LogP contribution in [0.5, 0.6) is 0 Å². The average molecular weight is 387 g/mol. The zero-order valence-corrected chi connectivity index (χ0v) is 18.3. The Morgan fingerprint density at radius 2 is 1.37 bits per heavy atom. The van der Waals surface area contributed by atoms with E-state index < -0.39 is 0 Å². The fourth-order valence-corrected chi connectivity index (χ4v) is 4.04. The Hall–Kier alpha value is -0.200. The van der Waals surface area contributed by atoms with Crippen molar-refractivity contribution in [1.29, 1.82) is 0 Å². The van der Waals surface area contributed by atoms with Gasteiger partial charge in [-0.2, -0.15) is 0 Å². The summed E-state index contributed by atoms with van der Waals surface area (Å²) in [7, 11) is 0. The highest BCUT2D eigenvalue weighted by Crippen LogP contribution is 2.37. The maximum atomic E-state index is 6.57. The van der Waals surface area contributed by atoms with E-state index in [1.807, 2.05) is 0 Å². The Labute approximate surface area is 166 Å². The summed E-state index contributed by atoms with van der Waals surface area (Å²) >= 11 is 0. The molecule has 2 fully saturated rings. The topological polar surface area (TPSA) is 46.2 Å². The lowest BCUT2D eigenvalue weighted by atomic mass is 9.83. The molecule has 2 rings (SSSR count). The van der Waals surface area contributed by atoms with Gasteiger partial charge in [0.25, 0.3) is 0 Å². The van der Waals surface area contributed by atoms with Crippen LogP contribution in [-0.2, 0) is 23.7 Å². The Balaban J connectivity index is 1.79. The highest BCUT2D eigenvalue weighted by molar-refractivity contribution is 4.91. The second kappa shape index (κ2) is 10.5. The molecule has 0 N–H and O–H groups in total. The number of rotatable bonds is 15. The van der Waals surface area contributed by atoms with Crippen LogP contribution in [0.4, 0.5) is 0 Å². The van der Waals surface area contributed by atoms with Crippen LogP contribution < -0.4 is 0 Å². The van der Waals surface area contributed by atoms with Crippen molar-refractivity contribution < 1.29 is 23.7 Å². The monoisotopic (exact) mass is 386 g/mol. The predicted octanol–water partition coefficient (Wildman–Crippen LogP) is 4.23. The van der Waals surface area contributed by atoms with Gasteiger partial charge >= 0.3 is 0 Å². The van der Waals surface area contributed by atoms with Crippen LogP contribution in [0.25, 0.3) is 0 Å². The van der Waals surface area contributed by atoms with Crippen LogP contribution in [0.2, 0.25) is 0 Å².